The number of aryl methyl sites for hydroxylation is 1. The van der Waals surface area contributed by atoms with Crippen LogP contribution in [0.2, 0.25) is 0 Å². The summed E-state index contributed by atoms with van der Waals surface area (Å²) in [7, 11) is 0. The molecule has 3 aromatic carbocycles. The van der Waals surface area contributed by atoms with E-state index in [1.165, 1.54) is 0 Å². The van der Waals surface area contributed by atoms with Crippen LogP contribution in [0.25, 0.3) is 10.8 Å². The smallest absolute Gasteiger partial charge is 0.326 e. The second-order valence-electron chi connectivity index (χ2n) is 14.6. The second-order valence-corrected chi connectivity index (χ2v) is 14.6. The minimum Gasteiger partial charge on any atom is -0.481 e. The Kier molecular flexibility index (Phi) is 20.0. The van der Waals surface area contributed by atoms with Gasteiger partial charge in [-0.2, -0.15) is 0 Å². The van der Waals surface area contributed by atoms with Crippen LogP contribution in [0.3, 0.4) is 0 Å². The lowest BCUT2D eigenvalue weighted by Crippen LogP contribution is -2.57. The normalized spacial score (nSPS) is 14.1. The van der Waals surface area contributed by atoms with Gasteiger partial charge in [-0.15, -0.1) is 0 Å². The molecule has 0 bridgehead atoms. The van der Waals surface area contributed by atoms with E-state index in [1.807, 2.05) is 79.7 Å². The molecule has 16 heteroatoms. The van der Waals surface area contributed by atoms with Crippen LogP contribution in [0.15, 0.2) is 72.8 Å². The lowest BCUT2D eigenvalue weighted by molar-refractivity contribution is -0.142. The zero-order valence-electron chi connectivity index (χ0n) is 33.8. The van der Waals surface area contributed by atoms with E-state index in [0.717, 1.165) is 28.3 Å². The summed E-state index contributed by atoms with van der Waals surface area (Å²) < 4.78 is 0. The highest BCUT2D eigenvalue weighted by molar-refractivity contribution is 5.94. The molecule has 0 aromatic heterocycles. The summed E-state index contributed by atoms with van der Waals surface area (Å²) in [5, 5.41) is 34.0. The third kappa shape index (κ3) is 16.5. The van der Waals surface area contributed by atoms with Crippen LogP contribution < -0.4 is 38.1 Å². The van der Waals surface area contributed by atoms with Gasteiger partial charge in [0.2, 0.25) is 29.5 Å². The first-order valence-electron chi connectivity index (χ1n) is 20.2. The van der Waals surface area contributed by atoms with Crippen molar-refractivity contribution in [2.24, 2.45) is 11.5 Å². The van der Waals surface area contributed by atoms with Gasteiger partial charge in [0.05, 0.1) is 12.1 Å². The SMILES string of the molecule is CCCC[C@H](NC(=O)[C@@H](N)Cc1ccc2ccccc2c1)C(=O)NCC[C@H](N)C(=O)N[C@@H](CCC(=O)O)C(=O)N[C@@H](CCc1ccccc1)C(=O)N[C@@H](CCC)C(=O)O. The summed E-state index contributed by atoms with van der Waals surface area (Å²) in [4.78, 5) is 89.8. The molecule has 11 N–H and O–H groups in total. The minimum absolute atomic E-state index is 0.0642. The van der Waals surface area contributed by atoms with E-state index >= 15 is 0 Å². The van der Waals surface area contributed by atoms with Gasteiger partial charge in [-0.3, -0.25) is 28.8 Å². The fourth-order valence-electron chi connectivity index (χ4n) is 6.40. The van der Waals surface area contributed by atoms with E-state index in [4.69, 9.17) is 11.5 Å². The number of amides is 5. The summed E-state index contributed by atoms with van der Waals surface area (Å²) in [6, 6.07) is 15.9. The highest BCUT2D eigenvalue weighted by Crippen LogP contribution is 2.17. The molecule has 6 atom stereocenters. The second kappa shape index (κ2) is 24.8. The van der Waals surface area contributed by atoms with Crippen molar-refractivity contribution in [3.05, 3.63) is 83.9 Å². The lowest BCUT2D eigenvalue weighted by Gasteiger charge is -2.25. The van der Waals surface area contributed by atoms with E-state index in [1.54, 1.807) is 6.92 Å². The number of fused-ring (bicyclic) bond motifs is 1. The topological polar surface area (TPSA) is 272 Å². The first-order chi connectivity index (χ1) is 28.2. The standard InChI is InChI=1S/C43H59N7O9/c1-3-5-16-33(47-39(54)32(45)26-28-17-19-29-14-9-10-15-30(29)25-28)40(55)46-24-23-31(44)38(53)48-35(21-22-37(51)52)41(56)49-34(20-18-27-12-7-6-8-13-27)42(57)50-36(11-4-2)43(58)59/h6-10,12-15,17,19,25,31-36H,3-5,11,16,18,20-24,26,44-45H2,1-2H3,(H,46,55)(H,47,54)(H,48,53)(H,49,56)(H,50,57)(H,51,52)(H,58,59)/t31-,32-,33-,34-,35-,36-/m0/s1. The monoisotopic (exact) mass is 817 g/mol. The Bertz CT molecular complexity index is 1880. The molecule has 59 heavy (non-hydrogen) atoms. The zero-order valence-corrected chi connectivity index (χ0v) is 33.8. The highest BCUT2D eigenvalue weighted by atomic mass is 16.4. The third-order valence-electron chi connectivity index (χ3n) is 9.85. The number of carbonyl (C=O) groups excluding carboxylic acids is 5. The van der Waals surface area contributed by atoms with Crippen LogP contribution in [0.5, 0.6) is 0 Å². The summed E-state index contributed by atoms with van der Waals surface area (Å²) in [6.45, 7) is 3.65. The molecule has 0 aliphatic carbocycles. The molecule has 0 saturated carbocycles. The molecule has 16 nitrogen and oxygen atoms in total. The van der Waals surface area contributed by atoms with E-state index in [-0.39, 0.29) is 38.6 Å². The predicted octanol–water partition coefficient (Wildman–Crippen LogP) is 2.05. The molecule has 0 fully saturated rings. The number of hydrogen-bond acceptors (Lipinski definition) is 9. The Labute approximate surface area is 344 Å². The number of rotatable bonds is 26. The molecule has 0 saturated heterocycles. The number of nitrogens with one attached hydrogen (secondary N) is 5. The van der Waals surface area contributed by atoms with Gasteiger partial charge in [-0.25, -0.2) is 4.79 Å². The number of benzene rings is 3. The molecule has 0 spiro atoms. The van der Waals surface area contributed by atoms with Crippen LogP contribution in [-0.2, 0) is 46.4 Å². The molecule has 0 unspecified atom stereocenters. The molecule has 320 valence electrons. The molecule has 5 amide bonds. The van der Waals surface area contributed by atoms with Gasteiger partial charge in [0.15, 0.2) is 0 Å². The van der Waals surface area contributed by atoms with Gasteiger partial charge < -0.3 is 48.3 Å². The minimum atomic E-state index is -1.41. The Balaban J connectivity index is 1.61. The number of hydrogen-bond donors (Lipinski definition) is 9. The molecule has 3 rings (SSSR count). The van der Waals surface area contributed by atoms with Crippen LogP contribution >= 0.6 is 0 Å². The average molecular weight is 818 g/mol. The number of unbranched alkanes of at least 4 members (excludes halogenated alkanes) is 1. The van der Waals surface area contributed by atoms with Crippen molar-refractivity contribution in [2.45, 2.75) is 121 Å². The maximum atomic E-state index is 13.6. The van der Waals surface area contributed by atoms with Crippen molar-refractivity contribution in [3.8, 4) is 0 Å². The molecule has 0 radical (unpaired) electrons. The van der Waals surface area contributed by atoms with Crippen LogP contribution in [0.1, 0.15) is 82.8 Å². The average Bonchev–Trinajstić information content (AvgIpc) is 3.21. The summed E-state index contributed by atoms with van der Waals surface area (Å²) in [5.74, 6) is -5.85. The maximum absolute atomic E-state index is 13.6. The van der Waals surface area contributed by atoms with Crippen LogP contribution in [-0.4, -0.2) is 94.5 Å². The van der Waals surface area contributed by atoms with Gasteiger partial charge >= 0.3 is 11.9 Å². The number of nitrogens with two attached hydrogens (primary N) is 2. The molecule has 0 heterocycles. The van der Waals surface area contributed by atoms with Crippen molar-refractivity contribution >= 4 is 52.2 Å². The van der Waals surface area contributed by atoms with Crippen molar-refractivity contribution in [1.29, 1.82) is 0 Å². The molecular weight excluding hydrogens is 759 g/mol. The van der Waals surface area contributed by atoms with Gasteiger partial charge in [0, 0.05) is 13.0 Å². The maximum Gasteiger partial charge on any atom is 0.326 e. The fourth-order valence-corrected chi connectivity index (χ4v) is 6.40. The predicted molar refractivity (Wildman–Crippen MR) is 223 cm³/mol. The fraction of sp³-hybridized carbons (Fsp3) is 0.465. The van der Waals surface area contributed by atoms with Crippen LogP contribution in [0.4, 0.5) is 0 Å². The van der Waals surface area contributed by atoms with E-state index in [9.17, 15) is 43.8 Å². The van der Waals surface area contributed by atoms with Gasteiger partial charge in [-0.05, 0) is 66.8 Å². The first-order valence-corrected chi connectivity index (χ1v) is 20.2. The summed E-state index contributed by atoms with van der Waals surface area (Å²) in [5.41, 5.74) is 14.1. The quantitative estimate of drug-likeness (QED) is 0.0566. The third-order valence-corrected chi connectivity index (χ3v) is 9.85. The Morgan fingerprint density at radius 1 is 0.559 bits per heavy atom. The Hall–Kier alpha value is -5.87. The van der Waals surface area contributed by atoms with Gasteiger partial charge in [0.1, 0.15) is 24.2 Å². The largest absolute Gasteiger partial charge is 0.481 e. The van der Waals surface area contributed by atoms with Crippen molar-refractivity contribution < 1.29 is 43.8 Å². The first kappa shape index (κ1) is 47.5. The van der Waals surface area contributed by atoms with E-state index < -0.39 is 84.1 Å². The van der Waals surface area contributed by atoms with E-state index in [2.05, 4.69) is 26.6 Å². The molecule has 3 aromatic rings. The summed E-state index contributed by atoms with van der Waals surface area (Å²) >= 11 is 0. The van der Waals surface area contributed by atoms with Crippen molar-refractivity contribution in [1.82, 2.24) is 26.6 Å². The molecular formula is C43H59N7O9. The van der Waals surface area contributed by atoms with Crippen molar-refractivity contribution in [3.63, 3.8) is 0 Å². The summed E-state index contributed by atoms with van der Waals surface area (Å²) in [6.07, 6.45) is 2.18. The lowest BCUT2D eigenvalue weighted by atomic mass is 10.0. The number of carboxylic acid groups (broad SMARTS) is 2. The number of carboxylic acids is 2. The van der Waals surface area contributed by atoms with Gasteiger partial charge in [0.25, 0.3) is 0 Å². The zero-order chi connectivity index (χ0) is 43.3. The van der Waals surface area contributed by atoms with Crippen LogP contribution in [0, 0.1) is 0 Å². The molecule has 0 aliphatic heterocycles. The number of aliphatic carboxylic acids is 2. The number of carbonyl (C=O) groups is 7. The molecule has 0 aliphatic rings. The highest BCUT2D eigenvalue weighted by Gasteiger charge is 2.31. The van der Waals surface area contributed by atoms with Gasteiger partial charge in [-0.1, -0.05) is 106 Å². The Morgan fingerprint density at radius 2 is 1.14 bits per heavy atom. The Morgan fingerprint density at radius 3 is 1.76 bits per heavy atom. The van der Waals surface area contributed by atoms with Crippen molar-refractivity contribution in [2.75, 3.05) is 6.54 Å². The van der Waals surface area contributed by atoms with E-state index in [0.29, 0.717) is 25.7 Å².